The summed E-state index contributed by atoms with van der Waals surface area (Å²) in [5, 5.41) is 8.06. The van der Waals surface area contributed by atoms with Gasteiger partial charge in [-0.15, -0.1) is 0 Å². The van der Waals surface area contributed by atoms with Crippen molar-refractivity contribution in [2.75, 3.05) is 13.7 Å². The molecular weight excluding hydrogens is 350 g/mol. The second-order valence-electron chi connectivity index (χ2n) is 5.77. The molecule has 0 atom stereocenters. The van der Waals surface area contributed by atoms with E-state index in [0.717, 1.165) is 17.7 Å². The summed E-state index contributed by atoms with van der Waals surface area (Å²) in [5.74, 6) is 0.542. The van der Waals surface area contributed by atoms with Crippen molar-refractivity contribution < 1.29 is 9.53 Å². The number of nitrogens with zero attached hydrogens (tertiary/aromatic N) is 2. The number of hydrogen-bond donors (Lipinski definition) is 1. The summed E-state index contributed by atoms with van der Waals surface area (Å²) in [7, 11) is 1.62. The number of carbonyl (C=O) groups excluding carboxylic acids is 1. The minimum absolute atomic E-state index is 0.187. The van der Waals surface area contributed by atoms with Crippen LogP contribution in [0.2, 0.25) is 5.02 Å². The number of ether oxygens (including phenoxy) is 1. The third-order valence-corrected chi connectivity index (χ3v) is 4.24. The molecule has 1 aromatic heterocycles. The SMILES string of the molecule is CCCNC(=O)c1cc(-c2cccc(OC)c2)nn1-c1ccccc1Cl. The lowest BCUT2D eigenvalue weighted by atomic mass is 10.1. The fourth-order valence-corrected chi connectivity index (χ4v) is 2.82. The summed E-state index contributed by atoms with van der Waals surface area (Å²) in [6.45, 7) is 2.61. The summed E-state index contributed by atoms with van der Waals surface area (Å²) in [5.41, 5.74) is 2.62. The molecule has 0 aliphatic heterocycles. The highest BCUT2D eigenvalue weighted by atomic mass is 35.5. The first-order valence-electron chi connectivity index (χ1n) is 8.41. The van der Waals surface area contributed by atoms with Gasteiger partial charge in [-0.25, -0.2) is 4.68 Å². The standard InChI is InChI=1S/C20H20ClN3O2/c1-3-11-22-20(25)19-13-17(14-7-6-8-15(12-14)26-2)23-24(19)18-10-5-4-9-16(18)21/h4-10,12-13H,3,11H2,1-2H3,(H,22,25). The molecule has 26 heavy (non-hydrogen) atoms. The minimum atomic E-state index is -0.187. The first kappa shape index (κ1) is 18.0. The van der Waals surface area contributed by atoms with E-state index in [9.17, 15) is 4.79 Å². The topological polar surface area (TPSA) is 56.1 Å². The number of nitrogens with one attached hydrogen (secondary N) is 1. The van der Waals surface area contributed by atoms with Gasteiger partial charge in [0.2, 0.25) is 0 Å². The number of methoxy groups -OCH3 is 1. The van der Waals surface area contributed by atoms with E-state index < -0.39 is 0 Å². The van der Waals surface area contributed by atoms with E-state index in [1.807, 2.05) is 49.4 Å². The van der Waals surface area contributed by atoms with Gasteiger partial charge in [-0.3, -0.25) is 4.79 Å². The zero-order valence-corrected chi connectivity index (χ0v) is 15.5. The van der Waals surface area contributed by atoms with Crippen molar-refractivity contribution in [3.05, 3.63) is 65.3 Å². The Kier molecular flexibility index (Phi) is 5.58. The van der Waals surface area contributed by atoms with Gasteiger partial charge in [0.25, 0.3) is 5.91 Å². The summed E-state index contributed by atoms with van der Waals surface area (Å²) in [4.78, 5) is 12.6. The maximum absolute atomic E-state index is 12.6. The van der Waals surface area contributed by atoms with Crippen molar-refractivity contribution in [1.82, 2.24) is 15.1 Å². The monoisotopic (exact) mass is 369 g/mol. The fourth-order valence-electron chi connectivity index (χ4n) is 2.60. The molecule has 0 fully saturated rings. The minimum Gasteiger partial charge on any atom is -0.497 e. The summed E-state index contributed by atoms with van der Waals surface area (Å²) < 4.78 is 6.87. The smallest absolute Gasteiger partial charge is 0.270 e. The Bertz CT molecular complexity index is 921. The van der Waals surface area contributed by atoms with Crippen molar-refractivity contribution in [3.8, 4) is 22.7 Å². The lowest BCUT2D eigenvalue weighted by Crippen LogP contribution is -2.26. The molecule has 1 heterocycles. The van der Waals surface area contributed by atoms with Gasteiger partial charge < -0.3 is 10.1 Å². The molecule has 1 N–H and O–H groups in total. The zero-order chi connectivity index (χ0) is 18.5. The quantitative estimate of drug-likeness (QED) is 0.703. The Hall–Kier alpha value is -2.79. The molecule has 0 aliphatic rings. The van der Waals surface area contributed by atoms with Gasteiger partial charge in [0.15, 0.2) is 0 Å². The molecule has 0 radical (unpaired) electrons. The van der Waals surface area contributed by atoms with Crippen molar-refractivity contribution in [2.45, 2.75) is 13.3 Å². The second-order valence-corrected chi connectivity index (χ2v) is 6.17. The van der Waals surface area contributed by atoms with Crippen molar-refractivity contribution in [1.29, 1.82) is 0 Å². The lowest BCUT2D eigenvalue weighted by molar-refractivity contribution is 0.0946. The average Bonchev–Trinajstić information content (AvgIpc) is 3.12. The largest absolute Gasteiger partial charge is 0.497 e. The number of carbonyl (C=O) groups is 1. The van der Waals surface area contributed by atoms with Crippen LogP contribution < -0.4 is 10.1 Å². The third kappa shape index (κ3) is 3.73. The van der Waals surface area contributed by atoms with Crippen LogP contribution in [-0.4, -0.2) is 29.3 Å². The molecule has 5 nitrogen and oxygen atoms in total. The van der Waals surface area contributed by atoms with E-state index in [1.165, 1.54) is 0 Å². The average molecular weight is 370 g/mol. The first-order chi connectivity index (χ1) is 12.6. The van der Waals surface area contributed by atoms with Gasteiger partial charge in [-0.2, -0.15) is 5.10 Å². The molecule has 0 saturated carbocycles. The van der Waals surface area contributed by atoms with Gasteiger partial charge in [0.05, 0.1) is 23.5 Å². The fraction of sp³-hybridized carbons (Fsp3) is 0.200. The van der Waals surface area contributed by atoms with Crippen molar-refractivity contribution >= 4 is 17.5 Å². The molecule has 134 valence electrons. The van der Waals surface area contributed by atoms with Crippen LogP contribution in [0, 0.1) is 0 Å². The molecule has 2 aromatic carbocycles. The van der Waals surface area contributed by atoms with E-state index in [2.05, 4.69) is 10.4 Å². The van der Waals surface area contributed by atoms with Gasteiger partial charge in [0.1, 0.15) is 11.4 Å². The molecule has 0 saturated heterocycles. The maximum Gasteiger partial charge on any atom is 0.270 e. The highest BCUT2D eigenvalue weighted by Crippen LogP contribution is 2.27. The van der Waals surface area contributed by atoms with Gasteiger partial charge in [-0.05, 0) is 36.8 Å². The van der Waals surface area contributed by atoms with E-state index in [4.69, 9.17) is 16.3 Å². The number of rotatable bonds is 6. The highest BCUT2D eigenvalue weighted by Gasteiger charge is 2.18. The number of amides is 1. The van der Waals surface area contributed by atoms with Crippen LogP contribution in [0.15, 0.2) is 54.6 Å². The first-order valence-corrected chi connectivity index (χ1v) is 8.79. The van der Waals surface area contributed by atoms with E-state index in [-0.39, 0.29) is 5.91 Å². The summed E-state index contributed by atoms with van der Waals surface area (Å²) in [6.07, 6.45) is 0.856. The third-order valence-electron chi connectivity index (χ3n) is 3.92. The van der Waals surface area contributed by atoms with Crippen LogP contribution in [-0.2, 0) is 0 Å². The Balaban J connectivity index is 2.11. The van der Waals surface area contributed by atoms with Crippen molar-refractivity contribution in [2.24, 2.45) is 0 Å². The predicted molar refractivity (Wildman–Crippen MR) is 103 cm³/mol. The Morgan fingerprint density at radius 2 is 2.00 bits per heavy atom. The molecule has 0 unspecified atom stereocenters. The highest BCUT2D eigenvalue weighted by molar-refractivity contribution is 6.32. The molecule has 0 bridgehead atoms. The van der Waals surface area contributed by atoms with Gasteiger partial charge in [-0.1, -0.05) is 42.8 Å². The number of benzene rings is 2. The number of para-hydroxylation sites is 1. The molecule has 3 aromatic rings. The Labute approximate surface area is 157 Å². The number of halogens is 1. The zero-order valence-electron chi connectivity index (χ0n) is 14.7. The van der Waals surface area contributed by atoms with Crippen LogP contribution in [0.5, 0.6) is 5.75 Å². The van der Waals surface area contributed by atoms with E-state index in [0.29, 0.717) is 28.6 Å². The van der Waals surface area contributed by atoms with Crippen molar-refractivity contribution in [3.63, 3.8) is 0 Å². The number of aromatic nitrogens is 2. The number of hydrogen-bond acceptors (Lipinski definition) is 3. The van der Waals surface area contributed by atoms with Gasteiger partial charge >= 0.3 is 0 Å². The summed E-state index contributed by atoms with van der Waals surface area (Å²) in [6, 6.07) is 16.6. The molecule has 0 spiro atoms. The molecular formula is C20H20ClN3O2. The van der Waals surface area contributed by atoms with Crippen LogP contribution in [0.3, 0.4) is 0 Å². The lowest BCUT2D eigenvalue weighted by Gasteiger charge is -2.09. The molecule has 0 aliphatic carbocycles. The molecule has 3 rings (SSSR count). The predicted octanol–water partition coefficient (Wildman–Crippen LogP) is 4.34. The van der Waals surface area contributed by atoms with E-state index in [1.54, 1.807) is 23.9 Å². The molecule has 1 amide bonds. The van der Waals surface area contributed by atoms with Crippen LogP contribution in [0.1, 0.15) is 23.8 Å². The van der Waals surface area contributed by atoms with Crippen LogP contribution in [0.4, 0.5) is 0 Å². The maximum atomic E-state index is 12.6. The van der Waals surface area contributed by atoms with Crippen LogP contribution >= 0.6 is 11.6 Å². The van der Waals surface area contributed by atoms with Gasteiger partial charge in [0, 0.05) is 12.1 Å². The normalized spacial score (nSPS) is 10.6. The Morgan fingerprint density at radius 1 is 1.19 bits per heavy atom. The van der Waals surface area contributed by atoms with E-state index >= 15 is 0 Å². The Morgan fingerprint density at radius 3 is 2.73 bits per heavy atom. The summed E-state index contributed by atoms with van der Waals surface area (Å²) >= 11 is 6.33. The molecule has 6 heteroatoms. The second kappa shape index (κ2) is 8.06. The van der Waals surface area contributed by atoms with Crippen LogP contribution in [0.25, 0.3) is 16.9 Å².